The Hall–Kier alpha value is -2.28. The maximum absolute atomic E-state index is 6.06. The van der Waals surface area contributed by atoms with E-state index in [0.29, 0.717) is 5.11 Å². The first-order valence-corrected chi connectivity index (χ1v) is 10.3. The summed E-state index contributed by atoms with van der Waals surface area (Å²) in [7, 11) is 0. The summed E-state index contributed by atoms with van der Waals surface area (Å²) >= 11 is 13.0. The normalized spacial score (nSPS) is 10.9. The van der Waals surface area contributed by atoms with Gasteiger partial charge in [0.15, 0.2) is 5.11 Å². The van der Waals surface area contributed by atoms with Gasteiger partial charge in [0.2, 0.25) is 0 Å². The van der Waals surface area contributed by atoms with Crippen LogP contribution >= 0.6 is 35.6 Å². The molecule has 0 bridgehead atoms. The fourth-order valence-corrected chi connectivity index (χ4v) is 3.50. The van der Waals surface area contributed by atoms with E-state index in [2.05, 4.69) is 20.4 Å². The van der Waals surface area contributed by atoms with Crippen LogP contribution in [0.25, 0.3) is 0 Å². The number of hydrogen-bond donors (Lipinski definition) is 2. The zero-order valence-electron chi connectivity index (χ0n) is 14.7. The van der Waals surface area contributed by atoms with E-state index in [-0.39, 0.29) is 0 Å². The van der Waals surface area contributed by atoms with Gasteiger partial charge in [-0.3, -0.25) is 5.43 Å². The highest BCUT2D eigenvalue weighted by molar-refractivity contribution is 7.98. The highest BCUT2D eigenvalue weighted by Crippen LogP contribution is 2.24. The van der Waals surface area contributed by atoms with Crippen molar-refractivity contribution in [2.75, 3.05) is 11.6 Å². The van der Waals surface area contributed by atoms with Crippen molar-refractivity contribution < 1.29 is 0 Å². The molecular weight excluding hydrogens is 396 g/mol. The number of rotatable bonds is 6. The number of para-hydroxylation sites is 1. The van der Waals surface area contributed by atoms with E-state index >= 15 is 0 Å². The lowest BCUT2D eigenvalue weighted by molar-refractivity contribution is 0.799. The van der Waals surface area contributed by atoms with E-state index in [0.717, 1.165) is 33.4 Å². The topological polar surface area (TPSA) is 41.4 Å². The molecule has 7 heteroatoms. The predicted octanol–water partition coefficient (Wildman–Crippen LogP) is 5.23. The van der Waals surface area contributed by atoms with Crippen LogP contribution in [0, 0.1) is 0 Å². The second kappa shape index (κ2) is 9.60. The number of nitrogens with zero attached hydrogens (tertiary/aromatic N) is 2. The van der Waals surface area contributed by atoms with Crippen molar-refractivity contribution >= 4 is 52.6 Å². The van der Waals surface area contributed by atoms with Crippen molar-refractivity contribution in [3.8, 4) is 0 Å². The molecule has 0 spiro atoms. The van der Waals surface area contributed by atoms with Crippen LogP contribution in [-0.4, -0.2) is 22.1 Å². The van der Waals surface area contributed by atoms with Crippen LogP contribution in [0.4, 0.5) is 5.69 Å². The maximum Gasteiger partial charge on any atom is 0.191 e. The second-order valence-electron chi connectivity index (χ2n) is 5.72. The van der Waals surface area contributed by atoms with Gasteiger partial charge in [0.1, 0.15) is 0 Å². The largest absolute Gasteiger partial charge is 0.342 e. The second-order valence-corrected chi connectivity index (χ2v) is 7.41. The third-order valence-electron chi connectivity index (χ3n) is 3.82. The molecule has 0 aliphatic carbocycles. The molecule has 3 rings (SSSR count). The summed E-state index contributed by atoms with van der Waals surface area (Å²) in [4.78, 5) is 1.13. The van der Waals surface area contributed by atoms with Crippen molar-refractivity contribution in [2.24, 2.45) is 5.10 Å². The Morgan fingerprint density at radius 2 is 2.04 bits per heavy atom. The number of aromatic nitrogens is 1. The minimum Gasteiger partial charge on any atom is -0.342 e. The molecule has 2 N–H and O–H groups in total. The van der Waals surface area contributed by atoms with Gasteiger partial charge in [-0.05, 0) is 60.4 Å². The Morgan fingerprint density at radius 3 is 2.85 bits per heavy atom. The highest BCUT2D eigenvalue weighted by Gasteiger charge is 2.03. The number of anilines is 1. The third-order valence-corrected chi connectivity index (χ3v) is 5.05. The Morgan fingerprint density at radius 1 is 1.19 bits per heavy atom. The maximum atomic E-state index is 6.06. The van der Waals surface area contributed by atoms with E-state index in [1.807, 2.05) is 73.1 Å². The molecule has 138 valence electrons. The molecule has 0 amide bonds. The minimum absolute atomic E-state index is 0.445. The Bertz CT molecular complexity index is 952. The van der Waals surface area contributed by atoms with Crippen molar-refractivity contribution in [3.05, 3.63) is 83.1 Å². The SMILES string of the molecule is CSc1ccccc1NC(=S)N/N=C\c1cccn1Cc1cccc(Cl)c1. The van der Waals surface area contributed by atoms with Crippen molar-refractivity contribution in [3.63, 3.8) is 0 Å². The predicted molar refractivity (Wildman–Crippen MR) is 120 cm³/mol. The van der Waals surface area contributed by atoms with Gasteiger partial charge in [0, 0.05) is 22.7 Å². The molecule has 0 atom stereocenters. The molecule has 0 saturated heterocycles. The highest BCUT2D eigenvalue weighted by atomic mass is 35.5. The van der Waals surface area contributed by atoms with Crippen LogP contribution in [0.3, 0.4) is 0 Å². The number of nitrogens with one attached hydrogen (secondary N) is 2. The van der Waals surface area contributed by atoms with E-state index in [9.17, 15) is 0 Å². The molecule has 2 aromatic carbocycles. The molecular formula is C20H19ClN4S2. The number of thioether (sulfide) groups is 1. The average molecular weight is 415 g/mol. The van der Waals surface area contributed by atoms with E-state index < -0.39 is 0 Å². The lowest BCUT2D eigenvalue weighted by Gasteiger charge is -2.10. The van der Waals surface area contributed by atoms with Crippen LogP contribution in [0.5, 0.6) is 0 Å². The molecule has 4 nitrogen and oxygen atoms in total. The molecule has 0 aliphatic rings. The van der Waals surface area contributed by atoms with Crippen molar-refractivity contribution in [1.29, 1.82) is 0 Å². The number of thiocarbonyl (C=S) groups is 1. The molecule has 0 unspecified atom stereocenters. The Balaban J connectivity index is 1.60. The van der Waals surface area contributed by atoms with Gasteiger partial charge in [-0.1, -0.05) is 35.9 Å². The van der Waals surface area contributed by atoms with Gasteiger partial charge in [0.25, 0.3) is 0 Å². The molecule has 0 radical (unpaired) electrons. The van der Waals surface area contributed by atoms with Gasteiger partial charge in [-0.15, -0.1) is 11.8 Å². The molecule has 3 aromatic rings. The van der Waals surface area contributed by atoms with Gasteiger partial charge in [0.05, 0.1) is 17.6 Å². The standard InChI is InChI=1S/C20H19ClN4S2/c1-27-19-10-3-2-9-18(19)23-20(26)24-22-13-17-8-5-11-25(17)14-15-6-4-7-16(21)12-15/h2-13H,14H2,1H3,(H2,23,24,26)/b22-13-. The first-order chi connectivity index (χ1) is 13.2. The number of benzene rings is 2. The first-order valence-electron chi connectivity index (χ1n) is 8.28. The minimum atomic E-state index is 0.445. The van der Waals surface area contributed by atoms with E-state index in [4.69, 9.17) is 23.8 Å². The fraction of sp³-hybridized carbons (Fsp3) is 0.100. The van der Waals surface area contributed by atoms with Gasteiger partial charge < -0.3 is 9.88 Å². The summed E-state index contributed by atoms with van der Waals surface area (Å²) in [6, 6.07) is 19.8. The monoisotopic (exact) mass is 414 g/mol. The molecule has 27 heavy (non-hydrogen) atoms. The molecule has 0 fully saturated rings. The summed E-state index contributed by atoms with van der Waals surface area (Å²) in [5, 5.41) is 8.60. The smallest absolute Gasteiger partial charge is 0.191 e. The van der Waals surface area contributed by atoms with Crippen molar-refractivity contribution in [2.45, 2.75) is 11.4 Å². The van der Waals surface area contributed by atoms with E-state index in [1.165, 1.54) is 0 Å². The van der Waals surface area contributed by atoms with Gasteiger partial charge >= 0.3 is 0 Å². The zero-order chi connectivity index (χ0) is 19.1. The lowest BCUT2D eigenvalue weighted by atomic mass is 10.2. The third kappa shape index (κ3) is 5.60. The zero-order valence-corrected chi connectivity index (χ0v) is 17.1. The lowest BCUT2D eigenvalue weighted by Crippen LogP contribution is -2.24. The van der Waals surface area contributed by atoms with Crippen LogP contribution in [0.2, 0.25) is 5.02 Å². The Kier molecular flexibility index (Phi) is 6.92. The summed E-state index contributed by atoms with van der Waals surface area (Å²) in [6.45, 7) is 0.721. The van der Waals surface area contributed by atoms with Crippen molar-refractivity contribution in [1.82, 2.24) is 9.99 Å². The summed E-state index contributed by atoms with van der Waals surface area (Å²) in [6.07, 6.45) is 5.79. The summed E-state index contributed by atoms with van der Waals surface area (Å²) in [5.41, 5.74) is 5.93. The number of hydrazone groups is 1. The number of halogens is 1. The van der Waals surface area contributed by atoms with Crippen LogP contribution in [0.1, 0.15) is 11.3 Å². The van der Waals surface area contributed by atoms with Crippen LogP contribution < -0.4 is 10.7 Å². The molecule has 0 saturated carbocycles. The van der Waals surface area contributed by atoms with Crippen LogP contribution in [-0.2, 0) is 6.54 Å². The molecule has 1 aromatic heterocycles. The average Bonchev–Trinajstić information content (AvgIpc) is 3.09. The van der Waals surface area contributed by atoms with Gasteiger partial charge in [-0.2, -0.15) is 5.10 Å². The number of hydrogen-bond acceptors (Lipinski definition) is 3. The van der Waals surface area contributed by atoms with Gasteiger partial charge in [-0.25, -0.2) is 0 Å². The quantitative estimate of drug-likeness (QED) is 0.251. The van der Waals surface area contributed by atoms with Crippen LogP contribution in [0.15, 0.2) is 76.9 Å². The summed E-state index contributed by atoms with van der Waals surface area (Å²) in [5.74, 6) is 0. The first kappa shape index (κ1) is 19.5. The molecule has 1 heterocycles. The van der Waals surface area contributed by atoms with E-state index in [1.54, 1.807) is 18.0 Å². The fourth-order valence-electron chi connectivity index (χ4n) is 2.58. The Labute approximate surface area is 173 Å². The molecule has 0 aliphatic heterocycles. The summed E-state index contributed by atoms with van der Waals surface area (Å²) < 4.78 is 2.09.